The van der Waals surface area contributed by atoms with Gasteiger partial charge in [-0.05, 0) is 36.2 Å². The Morgan fingerprint density at radius 1 is 1.39 bits per heavy atom. The highest BCUT2D eigenvalue weighted by Crippen LogP contribution is 2.47. The van der Waals surface area contributed by atoms with Gasteiger partial charge in [-0.25, -0.2) is 4.39 Å². The Bertz CT molecular complexity index is 749. The molecule has 23 heavy (non-hydrogen) atoms. The number of benzene rings is 2. The van der Waals surface area contributed by atoms with Crippen LogP contribution in [0, 0.1) is 15.9 Å². The quantitative estimate of drug-likeness (QED) is 0.642. The van der Waals surface area contributed by atoms with Crippen LogP contribution in [0.3, 0.4) is 0 Å². The lowest BCUT2D eigenvalue weighted by atomic mass is 10.1. The summed E-state index contributed by atoms with van der Waals surface area (Å²) in [7, 11) is 0. The van der Waals surface area contributed by atoms with Gasteiger partial charge in [-0.3, -0.25) is 10.1 Å². The number of aliphatic hydroxyl groups excluding tert-OH is 1. The normalized spacial score (nSPS) is 19.4. The third-order valence-corrected chi connectivity index (χ3v) is 4.27. The van der Waals surface area contributed by atoms with Crippen LogP contribution in [0.25, 0.3) is 0 Å². The first-order valence-electron chi connectivity index (χ1n) is 7.10. The highest BCUT2D eigenvalue weighted by Gasteiger charge is 2.42. The number of rotatable bonds is 5. The zero-order chi connectivity index (χ0) is 16.6. The standard InChI is InChI=1S/C16H14ClFN2O3/c17-11-2-1-3-12(18)16(11)10-7-13(10)19-14-6-9(8-21)4-5-15(14)20(22)23/h1-6,10,13,19,21H,7-8H2. The predicted molar refractivity (Wildman–Crippen MR) is 85.2 cm³/mol. The van der Waals surface area contributed by atoms with Crippen molar-refractivity contribution in [3.63, 3.8) is 0 Å². The molecular formula is C16H14ClFN2O3. The number of aliphatic hydroxyl groups is 1. The van der Waals surface area contributed by atoms with Gasteiger partial charge in [-0.15, -0.1) is 0 Å². The molecule has 2 N–H and O–H groups in total. The summed E-state index contributed by atoms with van der Waals surface area (Å²) in [6.07, 6.45) is 0.640. The number of hydrogen-bond acceptors (Lipinski definition) is 4. The van der Waals surface area contributed by atoms with Gasteiger partial charge in [-0.1, -0.05) is 17.7 Å². The van der Waals surface area contributed by atoms with Crippen LogP contribution in [-0.4, -0.2) is 16.1 Å². The first kappa shape index (κ1) is 15.7. The van der Waals surface area contributed by atoms with E-state index in [2.05, 4.69) is 5.32 Å². The second-order valence-electron chi connectivity index (χ2n) is 5.50. The van der Waals surface area contributed by atoms with Crippen LogP contribution in [-0.2, 0) is 6.61 Å². The van der Waals surface area contributed by atoms with E-state index in [4.69, 9.17) is 11.6 Å². The molecule has 0 bridgehead atoms. The van der Waals surface area contributed by atoms with Gasteiger partial charge in [0.05, 0.1) is 11.5 Å². The molecule has 0 aromatic heterocycles. The zero-order valence-corrected chi connectivity index (χ0v) is 12.8. The SMILES string of the molecule is O=[N+]([O-])c1ccc(CO)cc1NC1CC1c1c(F)cccc1Cl. The molecule has 120 valence electrons. The second kappa shape index (κ2) is 6.14. The van der Waals surface area contributed by atoms with Crippen molar-refractivity contribution in [2.75, 3.05) is 5.32 Å². The third kappa shape index (κ3) is 3.13. The lowest BCUT2D eigenvalue weighted by Gasteiger charge is -2.09. The summed E-state index contributed by atoms with van der Waals surface area (Å²) in [6, 6.07) is 8.79. The van der Waals surface area contributed by atoms with Gasteiger partial charge in [0.2, 0.25) is 0 Å². The molecule has 5 nitrogen and oxygen atoms in total. The molecule has 1 saturated carbocycles. The van der Waals surface area contributed by atoms with Crippen molar-refractivity contribution in [3.8, 4) is 0 Å². The first-order chi connectivity index (χ1) is 11.0. The fourth-order valence-electron chi connectivity index (χ4n) is 2.69. The lowest BCUT2D eigenvalue weighted by molar-refractivity contribution is -0.384. The van der Waals surface area contributed by atoms with Gasteiger partial charge < -0.3 is 10.4 Å². The average molecular weight is 337 g/mol. The Morgan fingerprint density at radius 3 is 2.83 bits per heavy atom. The molecule has 1 aliphatic carbocycles. The van der Waals surface area contributed by atoms with Gasteiger partial charge in [-0.2, -0.15) is 0 Å². The van der Waals surface area contributed by atoms with Crippen molar-refractivity contribution in [1.82, 2.24) is 0 Å². The maximum atomic E-state index is 13.9. The minimum atomic E-state index is -0.489. The monoisotopic (exact) mass is 336 g/mol. The van der Waals surface area contributed by atoms with Crippen molar-refractivity contribution >= 4 is 23.0 Å². The van der Waals surface area contributed by atoms with Crippen molar-refractivity contribution in [2.45, 2.75) is 25.0 Å². The molecule has 2 aromatic rings. The van der Waals surface area contributed by atoms with Crippen LogP contribution in [0.4, 0.5) is 15.8 Å². The van der Waals surface area contributed by atoms with Gasteiger partial charge in [0.25, 0.3) is 5.69 Å². The maximum Gasteiger partial charge on any atom is 0.292 e. The summed E-state index contributed by atoms with van der Waals surface area (Å²) in [5.41, 5.74) is 1.25. The molecular weight excluding hydrogens is 323 g/mol. The molecule has 2 aromatic carbocycles. The molecule has 0 saturated heterocycles. The summed E-state index contributed by atoms with van der Waals surface area (Å²) in [6.45, 7) is -0.208. The Morgan fingerprint density at radius 2 is 2.17 bits per heavy atom. The van der Waals surface area contributed by atoms with E-state index in [1.807, 2.05) is 0 Å². The molecule has 0 amide bonds. The summed E-state index contributed by atoms with van der Waals surface area (Å²) in [5, 5.41) is 23.7. The molecule has 0 heterocycles. The minimum absolute atomic E-state index is 0.0764. The van der Waals surface area contributed by atoms with E-state index < -0.39 is 4.92 Å². The summed E-state index contributed by atoms with van der Waals surface area (Å²) in [5.74, 6) is -0.494. The van der Waals surface area contributed by atoms with Gasteiger partial charge in [0, 0.05) is 28.6 Å². The van der Waals surface area contributed by atoms with Crippen LogP contribution in [0.2, 0.25) is 5.02 Å². The fraction of sp³-hybridized carbons (Fsp3) is 0.250. The molecule has 0 radical (unpaired) electrons. The number of nitro benzene ring substituents is 1. The van der Waals surface area contributed by atoms with Crippen LogP contribution >= 0.6 is 11.6 Å². The smallest absolute Gasteiger partial charge is 0.292 e. The van der Waals surface area contributed by atoms with E-state index in [9.17, 15) is 19.6 Å². The highest BCUT2D eigenvalue weighted by molar-refractivity contribution is 6.31. The van der Waals surface area contributed by atoms with Crippen molar-refractivity contribution < 1.29 is 14.4 Å². The number of halogens is 2. The highest BCUT2D eigenvalue weighted by atomic mass is 35.5. The van der Waals surface area contributed by atoms with Crippen LogP contribution in [0.15, 0.2) is 36.4 Å². The van der Waals surface area contributed by atoms with E-state index in [1.165, 1.54) is 24.3 Å². The molecule has 1 aliphatic rings. The van der Waals surface area contributed by atoms with Crippen molar-refractivity contribution in [3.05, 3.63) is 68.5 Å². The number of hydrogen-bond donors (Lipinski definition) is 2. The van der Waals surface area contributed by atoms with Crippen molar-refractivity contribution in [2.24, 2.45) is 0 Å². The minimum Gasteiger partial charge on any atom is -0.392 e. The van der Waals surface area contributed by atoms with Gasteiger partial charge in [0.1, 0.15) is 11.5 Å². The van der Waals surface area contributed by atoms with Gasteiger partial charge in [0.15, 0.2) is 0 Å². The summed E-state index contributed by atoms with van der Waals surface area (Å²) < 4.78 is 13.9. The Balaban J connectivity index is 1.83. The Kier molecular flexibility index (Phi) is 4.19. The lowest BCUT2D eigenvalue weighted by Crippen LogP contribution is -2.08. The molecule has 2 unspecified atom stereocenters. The predicted octanol–water partition coefficient (Wildman–Crippen LogP) is 3.85. The molecule has 1 fully saturated rings. The van der Waals surface area contributed by atoms with Crippen LogP contribution < -0.4 is 5.32 Å². The Hall–Kier alpha value is -2.18. The zero-order valence-electron chi connectivity index (χ0n) is 12.0. The third-order valence-electron chi connectivity index (χ3n) is 3.94. The van der Waals surface area contributed by atoms with Crippen LogP contribution in [0.5, 0.6) is 0 Å². The number of nitrogens with one attached hydrogen (secondary N) is 1. The Labute approximate surface area is 136 Å². The summed E-state index contributed by atoms with van der Waals surface area (Å²) >= 11 is 6.05. The fourth-order valence-corrected chi connectivity index (χ4v) is 3.00. The number of nitro groups is 1. The van der Waals surface area contributed by atoms with E-state index in [1.54, 1.807) is 12.1 Å². The topological polar surface area (TPSA) is 75.4 Å². The summed E-state index contributed by atoms with van der Waals surface area (Å²) in [4.78, 5) is 10.6. The van der Waals surface area contributed by atoms with E-state index in [0.29, 0.717) is 28.3 Å². The largest absolute Gasteiger partial charge is 0.392 e. The van der Waals surface area contributed by atoms with E-state index in [0.717, 1.165) is 0 Å². The second-order valence-corrected chi connectivity index (χ2v) is 5.90. The maximum absolute atomic E-state index is 13.9. The number of nitrogens with zero attached hydrogens (tertiary/aromatic N) is 1. The van der Waals surface area contributed by atoms with Crippen LogP contribution in [0.1, 0.15) is 23.5 Å². The average Bonchev–Trinajstić information content (AvgIpc) is 3.25. The molecule has 0 spiro atoms. The molecule has 7 heteroatoms. The molecule has 3 rings (SSSR count). The first-order valence-corrected chi connectivity index (χ1v) is 7.47. The molecule has 2 atom stereocenters. The van der Waals surface area contributed by atoms with Crippen molar-refractivity contribution in [1.29, 1.82) is 0 Å². The number of anilines is 1. The van der Waals surface area contributed by atoms with E-state index >= 15 is 0 Å². The van der Waals surface area contributed by atoms with E-state index in [-0.39, 0.29) is 30.1 Å². The van der Waals surface area contributed by atoms with Gasteiger partial charge >= 0.3 is 0 Å². The molecule has 0 aliphatic heterocycles.